The van der Waals surface area contributed by atoms with E-state index in [1.54, 1.807) is 0 Å². The Kier molecular flexibility index (Phi) is 5.62. The van der Waals surface area contributed by atoms with Crippen molar-refractivity contribution in [2.45, 2.75) is 39.2 Å². The molecule has 1 aromatic carbocycles. The molecule has 0 bridgehead atoms. The molecule has 1 atom stereocenters. The number of aryl methyl sites for hydroxylation is 2. The molecule has 0 aliphatic carbocycles. The molecular formula is C17H23NS. The maximum absolute atomic E-state index is 3.62. The second-order valence-electron chi connectivity index (χ2n) is 5.16. The van der Waals surface area contributed by atoms with E-state index in [1.807, 2.05) is 11.3 Å². The molecule has 1 heterocycles. The number of hydrogen-bond acceptors (Lipinski definition) is 2. The highest BCUT2D eigenvalue weighted by molar-refractivity contribution is 7.11. The molecule has 2 rings (SSSR count). The summed E-state index contributed by atoms with van der Waals surface area (Å²) in [7, 11) is 0. The monoisotopic (exact) mass is 273 g/mol. The molecule has 0 saturated heterocycles. The van der Waals surface area contributed by atoms with Gasteiger partial charge in [-0.25, -0.2) is 0 Å². The normalized spacial score (nSPS) is 12.5. The molecule has 0 aliphatic rings. The summed E-state index contributed by atoms with van der Waals surface area (Å²) in [5.41, 5.74) is 1.44. The highest BCUT2D eigenvalue weighted by atomic mass is 32.1. The first-order valence-electron chi connectivity index (χ1n) is 7.06. The number of rotatable bonds is 7. The summed E-state index contributed by atoms with van der Waals surface area (Å²) in [5, 5.41) is 3.62. The lowest BCUT2D eigenvalue weighted by Gasteiger charge is -2.12. The second kappa shape index (κ2) is 7.46. The zero-order valence-corrected chi connectivity index (χ0v) is 12.7. The molecule has 102 valence electrons. The summed E-state index contributed by atoms with van der Waals surface area (Å²) in [6, 6.07) is 15.7. The van der Waals surface area contributed by atoms with E-state index >= 15 is 0 Å². The van der Waals surface area contributed by atoms with Crippen molar-refractivity contribution in [1.82, 2.24) is 5.32 Å². The van der Waals surface area contributed by atoms with Crippen molar-refractivity contribution in [2.75, 3.05) is 6.54 Å². The topological polar surface area (TPSA) is 12.0 Å². The van der Waals surface area contributed by atoms with Gasteiger partial charge in [0.15, 0.2) is 0 Å². The second-order valence-corrected chi connectivity index (χ2v) is 6.53. The van der Waals surface area contributed by atoms with Gasteiger partial charge in [0.1, 0.15) is 0 Å². The molecule has 1 N–H and O–H groups in total. The molecular weight excluding hydrogens is 250 g/mol. The van der Waals surface area contributed by atoms with E-state index in [2.05, 4.69) is 61.6 Å². The van der Waals surface area contributed by atoms with Crippen LogP contribution in [-0.2, 0) is 12.8 Å². The average molecular weight is 273 g/mol. The van der Waals surface area contributed by atoms with E-state index < -0.39 is 0 Å². The Morgan fingerprint density at radius 2 is 1.89 bits per heavy atom. The van der Waals surface area contributed by atoms with E-state index in [4.69, 9.17) is 0 Å². The van der Waals surface area contributed by atoms with Gasteiger partial charge in [-0.15, -0.1) is 11.3 Å². The van der Waals surface area contributed by atoms with Crippen molar-refractivity contribution in [3.05, 3.63) is 57.8 Å². The minimum absolute atomic E-state index is 0.564. The van der Waals surface area contributed by atoms with E-state index in [0.29, 0.717) is 6.04 Å². The Bertz CT molecular complexity index is 475. The van der Waals surface area contributed by atoms with Crippen molar-refractivity contribution in [1.29, 1.82) is 0 Å². The lowest BCUT2D eigenvalue weighted by molar-refractivity contribution is 0.537. The molecule has 1 aromatic heterocycles. The molecule has 0 saturated carbocycles. The maximum atomic E-state index is 3.62. The van der Waals surface area contributed by atoms with Crippen LogP contribution < -0.4 is 5.32 Å². The Morgan fingerprint density at radius 1 is 1.11 bits per heavy atom. The Balaban J connectivity index is 1.63. The van der Waals surface area contributed by atoms with E-state index in [-0.39, 0.29) is 0 Å². The van der Waals surface area contributed by atoms with Gasteiger partial charge >= 0.3 is 0 Å². The van der Waals surface area contributed by atoms with Gasteiger partial charge in [0.25, 0.3) is 0 Å². The maximum Gasteiger partial charge on any atom is 0.00870 e. The van der Waals surface area contributed by atoms with E-state index in [0.717, 1.165) is 13.0 Å². The largest absolute Gasteiger partial charge is 0.314 e. The first kappa shape index (κ1) is 14.3. The van der Waals surface area contributed by atoms with Crippen LogP contribution in [0.5, 0.6) is 0 Å². The van der Waals surface area contributed by atoms with Crippen LogP contribution in [0.25, 0.3) is 0 Å². The van der Waals surface area contributed by atoms with Gasteiger partial charge in [0.05, 0.1) is 0 Å². The molecule has 2 heteroatoms. The molecule has 0 radical (unpaired) electrons. The fourth-order valence-corrected chi connectivity index (χ4v) is 3.27. The summed E-state index contributed by atoms with van der Waals surface area (Å²) in [4.78, 5) is 2.90. The summed E-state index contributed by atoms with van der Waals surface area (Å²) in [5.74, 6) is 0. The van der Waals surface area contributed by atoms with Gasteiger partial charge in [0, 0.05) is 15.8 Å². The molecule has 0 amide bonds. The van der Waals surface area contributed by atoms with Gasteiger partial charge in [0.2, 0.25) is 0 Å². The summed E-state index contributed by atoms with van der Waals surface area (Å²) in [6.45, 7) is 5.55. The van der Waals surface area contributed by atoms with Crippen LogP contribution in [0.1, 0.15) is 28.7 Å². The standard InChI is InChI=1S/C17H23NS/c1-14(13-17-11-10-15(2)19-17)18-12-6-9-16-7-4-3-5-8-16/h3-5,7-8,10-11,14,18H,6,9,12-13H2,1-2H3. The Hall–Kier alpha value is -1.12. The SMILES string of the molecule is Cc1ccc(CC(C)NCCCc2ccccc2)s1. The minimum atomic E-state index is 0.564. The first-order chi connectivity index (χ1) is 9.24. The fraction of sp³-hybridized carbons (Fsp3) is 0.412. The van der Waals surface area contributed by atoms with Crippen molar-refractivity contribution < 1.29 is 0 Å². The van der Waals surface area contributed by atoms with E-state index in [9.17, 15) is 0 Å². The summed E-state index contributed by atoms with van der Waals surface area (Å²) < 4.78 is 0. The summed E-state index contributed by atoms with van der Waals surface area (Å²) in [6.07, 6.45) is 3.51. The number of nitrogens with one attached hydrogen (secondary N) is 1. The molecule has 0 fully saturated rings. The third kappa shape index (κ3) is 5.17. The zero-order chi connectivity index (χ0) is 13.5. The molecule has 0 aliphatic heterocycles. The lowest BCUT2D eigenvalue weighted by Crippen LogP contribution is -2.28. The van der Waals surface area contributed by atoms with Crippen LogP contribution >= 0.6 is 11.3 Å². The van der Waals surface area contributed by atoms with Gasteiger partial charge in [-0.1, -0.05) is 30.3 Å². The van der Waals surface area contributed by atoms with Crippen molar-refractivity contribution >= 4 is 11.3 Å². The van der Waals surface area contributed by atoms with Crippen molar-refractivity contribution in [3.63, 3.8) is 0 Å². The third-order valence-electron chi connectivity index (χ3n) is 3.28. The van der Waals surface area contributed by atoms with Crippen molar-refractivity contribution in [2.24, 2.45) is 0 Å². The molecule has 0 spiro atoms. The predicted octanol–water partition coefficient (Wildman–Crippen LogP) is 4.21. The number of benzene rings is 1. The smallest absolute Gasteiger partial charge is 0.00870 e. The number of thiophene rings is 1. The van der Waals surface area contributed by atoms with Crippen LogP contribution in [0.2, 0.25) is 0 Å². The third-order valence-corrected chi connectivity index (χ3v) is 4.30. The molecule has 2 aromatic rings. The van der Waals surface area contributed by atoms with Crippen LogP contribution in [0.4, 0.5) is 0 Å². The van der Waals surface area contributed by atoms with Gasteiger partial charge in [-0.05, 0) is 57.4 Å². The predicted molar refractivity (Wildman–Crippen MR) is 85.0 cm³/mol. The van der Waals surface area contributed by atoms with Crippen LogP contribution in [-0.4, -0.2) is 12.6 Å². The first-order valence-corrected chi connectivity index (χ1v) is 7.88. The van der Waals surface area contributed by atoms with Crippen LogP contribution in [0.15, 0.2) is 42.5 Å². The quantitative estimate of drug-likeness (QED) is 0.745. The van der Waals surface area contributed by atoms with Crippen LogP contribution in [0, 0.1) is 6.92 Å². The van der Waals surface area contributed by atoms with E-state index in [1.165, 1.54) is 28.2 Å². The van der Waals surface area contributed by atoms with Crippen molar-refractivity contribution in [3.8, 4) is 0 Å². The average Bonchev–Trinajstić information content (AvgIpc) is 2.81. The summed E-state index contributed by atoms with van der Waals surface area (Å²) >= 11 is 1.91. The minimum Gasteiger partial charge on any atom is -0.314 e. The van der Waals surface area contributed by atoms with Gasteiger partial charge in [-0.3, -0.25) is 0 Å². The Labute approximate surface area is 120 Å². The fourth-order valence-electron chi connectivity index (χ4n) is 2.25. The highest BCUT2D eigenvalue weighted by Crippen LogP contribution is 2.16. The highest BCUT2D eigenvalue weighted by Gasteiger charge is 2.04. The van der Waals surface area contributed by atoms with Crippen LogP contribution in [0.3, 0.4) is 0 Å². The molecule has 1 unspecified atom stereocenters. The van der Waals surface area contributed by atoms with Gasteiger partial charge in [-0.2, -0.15) is 0 Å². The number of hydrogen-bond donors (Lipinski definition) is 1. The lowest BCUT2D eigenvalue weighted by atomic mass is 10.1. The molecule has 1 nitrogen and oxygen atoms in total. The van der Waals surface area contributed by atoms with Gasteiger partial charge < -0.3 is 5.32 Å². The Morgan fingerprint density at radius 3 is 2.58 bits per heavy atom. The zero-order valence-electron chi connectivity index (χ0n) is 11.9. The molecule has 19 heavy (non-hydrogen) atoms.